The predicted molar refractivity (Wildman–Crippen MR) is 110 cm³/mol. The van der Waals surface area contributed by atoms with Crippen LogP contribution in [0.1, 0.15) is 12.8 Å². The monoisotopic (exact) mass is 380 g/mol. The Balaban J connectivity index is 1.61. The Labute approximate surface area is 163 Å². The van der Waals surface area contributed by atoms with E-state index in [4.69, 9.17) is 16.3 Å². The van der Waals surface area contributed by atoms with Gasteiger partial charge in [-0.3, -0.25) is 0 Å². The van der Waals surface area contributed by atoms with Gasteiger partial charge in [-0.1, -0.05) is 48.0 Å². The average molecular weight is 381 g/mol. The number of anilines is 3. The Bertz CT molecular complexity index is 898. The number of rotatable bonds is 6. The summed E-state index contributed by atoms with van der Waals surface area (Å²) in [6.07, 6.45) is 2.40. The van der Waals surface area contributed by atoms with Gasteiger partial charge in [-0.05, 0) is 31.0 Å². The van der Waals surface area contributed by atoms with Crippen molar-refractivity contribution >= 4 is 29.1 Å². The fraction of sp³-hybridized carbons (Fsp3) is 0.238. The second-order valence-electron chi connectivity index (χ2n) is 6.48. The van der Waals surface area contributed by atoms with E-state index in [1.807, 2.05) is 60.7 Å². The molecule has 1 fully saturated rings. The fourth-order valence-corrected chi connectivity index (χ4v) is 3.26. The molecule has 1 unspecified atom stereocenters. The van der Waals surface area contributed by atoms with Crippen LogP contribution in [0.25, 0.3) is 11.3 Å². The minimum Gasteiger partial charge on any atom is -0.376 e. The van der Waals surface area contributed by atoms with Crippen molar-refractivity contribution in [1.82, 2.24) is 9.97 Å². The van der Waals surface area contributed by atoms with Crippen LogP contribution >= 0.6 is 11.6 Å². The van der Waals surface area contributed by atoms with Gasteiger partial charge in [0.2, 0.25) is 5.95 Å². The maximum absolute atomic E-state index is 6.09. The number of aromatic nitrogens is 2. The summed E-state index contributed by atoms with van der Waals surface area (Å²) < 4.78 is 5.68. The molecule has 5 nitrogen and oxygen atoms in total. The lowest BCUT2D eigenvalue weighted by atomic mass is 10.1. The molecule has 1 aliphatic rings. The summed E-state index contributed by atoms with van der Waals surface area (Å²) in [5, 5.41) is 7.31. The SMILES string of the molecule is Clc1cccc(Nc2cc(-c3ccccc3)nc(NCC3CCCO3)n2)c1. The number of nitrogens with one attached hydrogen (secondary N) is 2. The molecule has 0 saturated carbocycles. The highest BCUT2D eigenvalue weighted by atomic mass is 35.5. The van der Waals surface area contributed by atoms with E-state index >= 15 is 0 Å². The van der Waals surface area contributed by atoms with Gasteiger partial charge in [0.05, 0.1) is 11.8 Å². The summed E-state index contributed by atoms with van der Waals surface area (Å²) in [5.74, 6) is 1.29. The molecule has 4 rings (SSSR count). The van der Waals surface area contributed by atoms with E-state index < -0.39 is 0 Å². The van der Waals surface area contributed by atoms with Gasteiger partial charge < -0.3 is 15.4 Å². The predicted octanol–water partition coefficient (Wildman–Crippen LogP) is 5.13. The molecule has 0 radical (unpaired) electrons. The largest absolute Gasteiger partial charge is 0.376 e. The van der Waals surface area contributed by atoms with Gasteiger partial charge in [0, 0.05) is 35.5 Å². The van der Waals surface area contributed by atoms with E-state index in [-0.39, 0.29) is 6.10 Å². The average Bonchev–Trinajstić information content (AvgIpc) is 3.21. The van der Waals surface area contributed by atoms with Crippen molar-refractivity contribution in [3.63, 3.8) is 0 Å². The molecule has 2 N–H and O–H groups in total. The van der Waals surface area contributed by atoms with Gasteiger partial charge in [-0.25, -0.2) is 4.98 Å². The Morgan fingerprint density at radius 2 is 1.93 bits per heavy atom. The zero-order chi connectivity index (χ0) is 18.5. The summed E-state index contributed by atoms with van der Waals surface area (Å²) in [6.45, 7) is 1.54. The quantitative estimate of drug-likeness (QED) is 0.620. The lowest BCUT2D eigenvalue weighted by Crippen LogP contribution is -2.20. The van der Waals surface area contributed by atoms with Crippen molar-refractivity contribution in [2.45, 2.75) is 18.9 Å². The van der Waals surface area contributed by atoms with Gasteiger partial charge in [0.15, 0.2) is 0 Å². The van der Waals surface area contributed by atoms with Crippen molar-refractivity contribution in [2.24, 2.45) is 0 Å². The minimum atomic E-state index is 0.221. The Hall–Kier alpha value is -2.63. The molecule has 1 saturated heterocycles. The van der Waals surface area contributed by atoms with Crippen LogP contribution in [0.3, 0.4) is 0 Å². The number of halogens is 1. The smallest absolute Gasteiger partial charge is 0.225 e. The molecule has 3 aromatic rings. The third-order valence-electron chi connectivity index (χ3n) is 4.40. The number of nitrogens with zero attached hydrogens (tertiary/aromatic N) is 2. The van der Waals surface area contributed by atoms with Crippen LogP contribution in [0.4, 0.5) is 17.5 Å². The molecule has 138 valence electrons. The van der Waals surface area contributed by atoms with Crippen LogP contribution in [0.15, 0.2) is 60.7 Å². The first-order chi connectivity index (χ1) is 13.3. The van der Waals surface area contributed by atoms with Crippen molar-refractivity contribution < 1.29 is 4.74 Å². The normalized spacial score (nSPS) is 16.3. The molecular weight excluding hydrogens is 360 g/mol. The highest BCUT2D eigenvalue weighted by molar-refractivity contribution is 6.30. The standard InChI is InChI=1S/C21H21ClN4O/c22-16-8-4-9-17(12-16)24-20-13-19(15-6-2-1-3-7-15)25-21(26-20)23-14-18-10-5-11-27-18/h1-4,6-9,12-13,18H,5,10-11,14H2,(H2,23,24,25,26). The molecule has 0 spiro atoms. The molecule has 1 atom stereocenters. The van der Waals surface area contributed by atoms with Crippen LogP contribution < -0.4 is 10.6 Å². The maximum Gasteiger partial charge on any atom is 0.225 e. The van der Waals surface area contributed by atoms with Gasteiger partial charge in [0.1, 0.15) is 5.82 Å². The van der Waals surface area contributed by atoms with E-state index in [1.54, 1.807) is 0 Å². The molecular formula is C21H21ClN4O. The Morgan fingerprint density at radius 1 is 1.04 bits per heavy atom. The second-order valence-corrected chi connectivity index (χ2v) is 6.92. The summed E-state index contributed by atoms with van der Waals surface area (Å²) >= 11 is 6.09. The highest BCUT2D eigenvalue weighted by Gasteiger charge is 2.16. The fourth-order valence-electron chi connectivity index (χ4n) is 3.07. The van der Waals surface area contributed by atoms with Crippen molar-refractivity contribution in [3.05, 3.63) is 65.7 Å². The second kappa shape index (κ2) is 8.37. The van der Waals surface area contributed by atoms with E-state index in [1.165, 1.54) is 0 Å². The first-order valence-electron chi connectivity index (χ1n) is 9.09. The molecule has 2 aromatic carbocycles. The van der Waals surface area contributed by atoms with E-state index in [0.29, 0.717) is 23.3 Å². The van der Waals surface area contributed by atoms with Gasteiger partial charge >= 0.3 is 0 Å². The molecule has 6 heteroatoms. The van der Waals surface area contributed by atoms with Crippen LogP contribution in [-0.2, 0) is 4.74 Å². The van der Waals surface area contributed by atoms with Crippen LogP contribution in [0.2, 0.25) is 5.02 Å². The summed E-state index contributed by atoms with van der Waals surface area (Å²) in [7, 11) is 0. The molecule has 0 amide bonds. The Kier molecular flexibility index (Phi) is 5.51. The Morgan fingerprint density at radius 3 is 2.70 bits per heavy atom. The zero-order valence-electron chi connectivity index (χ0n) is 14.9. The lowest BCUT2D eigenvalue weighted by molar-refractivity contribution is 0.120. The van der Waals surface area contributed by atoms with Gasteiger partial charge in [0.25, 0.3) is 0 Å². The molecule has 27 heavy (non-hydrogen) atoms. The molecule has 1 aromatic heterocycles. The lowest BCUT2D eigenvalue weighted by Gasteiger charge is -2.14. The molecule has 2 heterocycles. The molecule has 0 aliphatic carbocycles. The van der Waals surface area contributed by atoms with E-state index in [9.17, 15) is 0 Å². The molecule has 0 bridgehead atoms. The number of benzene rings is 2. The maximum atomic E-state index is 6.09. The summed E-state index contributed by atoms with van der Waals surface area (Å²) in [5.41, 5.74) is 2.77. The zero-order valence-corrected chi connectivity index (χ0v) is 15.6. The first-order valence-corrected chi connectivity index (χ1v) is 9.47. The van der Waals surface area contributed by atoms with Crippen molar-refractivity contribution in [2.75, 3.05) is 23.8 Å². The number of ether oxygens (including phenoxy) is 1. The van der Waals surface area contributed by atoms with E-state index in [0.717, 1.165) is 36.4 Å². The van der Waals surface area contributed by atoms with Crippen LogP contribution in [0, 0.1) is 0 Å². The number of hydrogen-bond donors (Lipinski definition) is 2. The van der Waals surface area contributed by atoms with Crippen LogP contribution in [-0.4, -0.2) is 29.2 Å². The topological polar surface area (TPSA) is 59.1 Å². The van der Waals surface area contributed by atoms with Gasteiger partial charge in [-0.2, -0.15) is 4.98 Å². The van der Waals surface area contributed by atoms with Crippen molar-refractivity contribution in [3.8, 4) is 11.3 Å². The van der Waals surface area contributed by atoms with Crippen LogP contribution in [0.5, 0.6) is 0 Å². The highest BCUT2D eigenvalue weighted by Crippen LogP contribution is 2.25. The summed E-state index contributed by atoms with van der Waals surface area (Å²) in [4.78, 5) is 9.29. The van der Waals surface area contributed by atoms with Crippen molar-refractivity contribution in [1.29, 1.82) is 0 Å². The third kappa shape index (κ3) is 4.76. The summed E-state index contributed by atoms with van der Waals surface area (Å²) in [6, 6.07) is 19.6. The first kappa shape index (κ1) is 17.8. The third-order valence-corrected chi connectivity index (χ3v) is 4.64. The minimum absolute atomic E-state index is 0.221. The molecule has 1 aliphatic heterocycles. The van der Waals surface area contributed by atoms with Gasteiger partial charge in [-0.15, -0.1) is 0 Å². The number of hydrogen-bond acceptors (Lipinski definition) is 5. The van der Waals surface area contributed by atoms with E-state index in [2.05, 4.69) is 20.6 Å².